The van der Waals surface area contributed by atoms with Gasteiger partial charge in [0.25, 0.3) is 5.91 Å². The van der Waals surface area contributed by atoms with Crippen molar-refractivity contribution in [2.45, 2.75) is 19.0 Å². The van der Waals surface area contributed by atoms with Crippen LogP contribution < -0.4 is 9.64 Å². The molecule has 2 saturated heterocycles. The first-order valence-electron chi connectivity index (χ1n) is 13.8. The van der Waals surface area contributed by atoms with Gasteiger partial charge in [-0.1, -0.05) is 24.2 Å². The molecule has 10 nitrogen and oxygen atoms in total. The molecule has 2 atom stereocenters. The molecule has 0 bridgehead atoms. The summed E-state index contributed by atoms with van der Waals surface area (Å²) in [6, 6.07) is 3.55. The van der Waals surface area contributed by atoms with E-state index < -0.39 is 11.9 Å². The van der Waals surface area contributed by atoms with E-state index >= 15 is 4.39 Å². The number of aromatic nitrogens is 1. The number of likely N-dealkylation sites (N-methyl/N-ethyl adjacent to an activating group) is 1. The summed E-state index contributed by atoms with van der Waals surface area (Å²) in [7, 11) is 4.08. The molecule has 4 heterocycles. The van der Waals surface area contributed by atoms with Gasteiger partial charge in [-0.05, 0) is 39.2 Å². The highest BCUT2D eigenvalue weighted by atomic mass is 35.5. The second kappa shape index (κ2) is 11.8. The van der Waals surface area contributed by atoms with Crippen LogP contribution in [0, 0.1) is 5.82 Å². The third kappa shape index (κ3) is 5.58. The number of ether oxygens (including phenoxy) is 1. The van der Waals surface area contributed by atoms with Crippen LogP contribution in [0.2, 0.25) is 5.02 Å². The first kappa shape index (κ1) is 29.1. The highest BCUT2D eigenvalue weighted by molar-refractivity contribution is 6.35. The summed E-state index contributed by atoms with van der Waals surface area (Å²) in [5.74, 6) is -1.07. The third-order valence-electron chi connectivity index (χ3n) is 8.01. The SMILES string of the molecule is C=CC(=O)N1CCN2C(=O)c3c(N4CCN(CCN(C)C)C[C@@H]4C)nc(-c4c(O)cccc4F)c(Cl)c3OC[C@H]2C1. The van der Waals surface area contributed by atoms with Gasteiger partial charge in [-0.25, -0.2) is 9.37 Å². The minimum atomic E-state index is -0.692. The number of aromatic hydroxyl groups is 1. The summed E-state index contributed by atoms with van der Waals surface area (Å²) in [6.45, 7) is 10.6. The Hall–Kier alpha value is -3.41. The molecule has 2 amide bonds. The van der Waals surface area contributed by atoms with Crippen molar-refractivity contribution in [1.29, 1.82) is 0 Å². The molecule has 1 aromatic heterocycles. The van der Waals surface area contributed by atoms with Crippen molar-refractivity contribution in [3.63, 3.8) is 0 Å². The quantitative estimate of drug-likeness (QED) is 0.517. The summed E-state index contributed by atoms with van der Waals surface area (Å²) < 4.78 is 21.3. The van der Waals surface area contributed by atoms with E-state index in [1.165, 1.54) is 24.3 Å². The van der Waals surface area contributed by atoms with Crippen LogP contribution in [0.4, 0.5) is 10.2 Å². The predicted octanol–water partition coefficient (Wildman–Crippen LogP) is 2.55. The lowest BCUT2D eigenvalue weighted by Gasteiger charge is -2.42. The van der Waals surface area contributed by atoms with E-state index in [2.05, 4.69) is 23.3 Å². The van der Waals surface area contributed by atoms with E-state index in [1.807, 2.05) is 19.0 Å². The number of phenols is 1. The molecule has 3 aliphatic rings. The Bertz CT molecular complexity index is 1340. The second-order valence-corrected chi connectivity index (χ2v) is 11.4. The minimum Gasteiger partial charge on any atom is -0.507 e. The van der Waals surface area contributed by atoms with Crippen LogP contribution in [0.25, 0.3) is 11.3 Å². The van der Waals surface area contributed by atoms with Gasteiger partial charge in [0, 0.05) is 58.4 Å². The van der Waals surface area contributed by atoms with Crippen LogP contribution >= 0.6 is 11.6 Å². The van der Waals surface area contributed by atoms with Gasteiger partial charge in [0.1, 0.15) is 40.3 Å². The zero-order chi connectivity index (χ0) is 29.4. The van der Waals surface area contributed by atoms with Gasteiger partial charge >= 0.3 is 0 Å². The van der Waals surface area contributed by atoms with E-state index in [1.54, 1.807) is 9.80 Å². The number of anilines is 1. The minimum absolute atomic E-state index is 0.00869. The average molecular weight is 587 g/mol. The molecule has 2 aromatic rings. The molecule has 0 aliphatic carbocycles. The standard InChI is InChI=1S/C29H36ClFN6O4/c1-5-22(39)35-12-14-37-19(16-35)17-41-27-24(29(37)40)28(36-13-11-34(15-18(36)2)10-9-33(3)4)32-26(25(27)30)23-20(31)7-6-8-21(23)38/h5-8,18-19,38H,1,9-17H2,2-4H3/t18-,19+/m0/s1. The van der Waals surface area contributed by atoms with Gasteiger partial charge in [-0.15, -0.1) is 0 Å². The lowest BCUT2D eigenvalue weighted by atomic mass is 10.0. The lowest BCUT2D eigenvalue weighted by Crippen LogP contribution is -2.57. The molecule has 0 saturated carbocycles. The fourth-order valence-electron chi connectivity index (χ4n) is 5.79. The molecule has 1 aromatic carbocycles. The van der Waals surface area contributed by atoms with Crippen LogP contribution in [-0.2, 0) is 4.79 Å². The first-order chi connectivity index (χ1) is 19.6. The average Bonchev–Trinajstić information content (AvgIpc) is 3.09. The van der Waals surface area contributed by atoms with E-state index in [0.29, 0.717) is 25.5 Å². The zero-order valence-electron chi connectivity index (χ0n) is 23.6. The Morgan fingerprint density at radius 3 is 2.66 bits per heavy atom. The molecule has 41 heavy (non-hydrogen) atoms. The zero-order valence-corrected chi connectivity index (χ0v) is 24.4. The van der Waals surface area contributed by atoms with Gasteiger partial charge < -0.3 is 29.4 Å². The van der Waals surface area contributed by atoms with Gasteiger partial charge in [0.05, 0.1) is 11.6 Å². The van der Waals surface area contributed by atoms with Gasteiger partial charge in [-0.3, -0.25) is 14.5 Å². The number of piperazine rings is 2. The highest BCUT2D eigenvalue weighted by Gasteiger charge is 2.41. The molecule has 3 aliphatic heterocycles. The second-order valence-electron chi connectivity index (χ2n) is 11.0. The summed E-state index contributed by atoms with van der Waals surface area (Å²) in [4.78, 5) is 41.2. The number of hydrogen-bond acceptors (Lipinski definition) is 8. The fraction of sp³-hybridized carbons (Fsp3) is 0.483. The van der Waals surface area contributed by atoms with Crippen molar-refractivity contribution in [2.24, 2.45) is 0 Å². The topological polar surface area (TPSA) is 92.7 Å². The number of phenolic OH excluding ortho intramolecular Hbond substituents is 1. The van der Waals surface area contributed by atoms with Gasteiger partial charge in [-0.2, -0.15) is 0 Å². The monoisotopic (exact) mass is 586 g/mol. The third-order valence-corrected chi connectivity index (χ3v) is 8.37. The molecular weight excluding hydrogens is 551 g/mol. The van der Waals surface area contributed by atoms with Crippen molar-refractivity contribution < 1.29 is 23.8 Å². The summed E-state index contributed by atoms with van der Waals surface area (Å²) in [6.07, 6.45) is 1.26. The van der Waals surface area contributed by atoms with Crippen LogP contribution in [0.5, 0.6) is 11.5 Å². The number of carbonyl (C=O) groups is 2. The molecular formula is C29H36ClFN6O4. The number of halogens is 2. The van der Waals surface area contributed by atoms with Crippen molar-refractivity contribution in [3.05, 3.63) is 47.3 Å². The van der Waals surface area contributed by atoms with Crippen molar-refractivity contribution in [2.75, 3.05) is 78.0 Å². The largest absolute Gasteiger partial charge is 0.507 e. The Kier molecular flexibility index (Phi) is 8.40. The molecule has 12 heteroatoms. The lowest BCUT2D eigenvalue weighted by molar-refractivity contribution is -0.128. The summed E-state index contributed by atoms with van der Waals surface area (Å²) in [5.41, 5.74) is 0.0724. The maximum Gasteiger partial charge on any atom is 0.261 e. The van der Waals surface area contributed by atoms with Gasteiger partial charge in [0.2, 0.25) is 5.91 Å². The van der Waals surface area contributed by atoms with E-state index in [9.17, 15) is 14.7 Å². The highest BCUT2D eigenvalue weighted by Crippen LogP contribution is 2.46. The fourth-order valence-corrected chi connectivity index (χ4v) is 6.07. The number of carbonyl (C=O) groups excluding carboxylic acids is 2. The van der Waals surface area contributed by atoms with Gasteiger partial charge in [0.15, 0.2) is 5.75 Å². The number of amides is 2. The molecule has 2 fully saturated rings. The maximum absolute atomic E-state index is 15.1. The molecule has 1 N–H and O–H groups in total. The molecule has 0 unspecified atom stereocenters. The number of fused-ring (bicyclic) bond motifs is 2. The molecule has 0 spiro atoms. The van der Waals surface area contributed by atoms with Crippen LogP contribution in [-0.4, -0.2) is 127 Å². The van der Waals surface area contributed by atoms with Crippen LogP contribution in [0.15, 0.2) is 30.9 Å². The predicted molar refractivity (Wildman–Crippen MR) is 155 cm³/mol. The molecule has 5 rings (SSSR count). The van der Waals surface area contributed by atoms with Crippen LogP contribution in [0.1, 0.15) is 17.3 Å². The maximum atomic E-state index is 15.1. The Morgan fingerprint density at radius 2 is 1.98 bits per heavy atom. The van der Waals surface area contributed by atoms with E-state index in [4.69, 9.17) is 21.3 Å². The summed E-state index contributed by atoms with van der Waals surface area (Å²) >= 11 is 6.84. The number of hydrogen-bond donors (Lipinski definition) is 1. The number of rotatable bonds is 6. The Balaban J connectivity index is 1.59. The molecule has 220 valence electrons. The van der Waals surface area contributed by atoms with E-state index in [-0.39, 0.29) is 64.4 Å². The van der Waals surface area contributed by atoms with Crippen molar-refractivity contribution in [3.8, 4) is 22.8 Å². The Morgan fingerprint density at radius 1 is 1.22 bits per heavy atom. The summed E-state index contributed by atoms with van der Waals surface area (Å²) in [5, 5.41) is 10.6. The molecule has 0 radical (unpaired) electrons. The van der Waals surface area contributed by atoms with Crippen molar-refractivity contribution >= 4 is 29.2 Å². The van der Waals surface area contributed by atoms with Crippen molar-refractivity contribution in [1.82, 2.24) is 24.6 Å². The van der Waals surface area contributed by atoms with Crippen LogP contribution in [0.3, 0.4) is 0 Å². The number of pyridine rings is 1. The normalized spacial score (nSPS) is 21.3. The first-order valence-corrected chi connectivity index (χ1v) is 14.2. The number of benzene rings is 1. The van der Waals surface area contributed by atoms with E-state index in [0.717, 1.165) is 26.2 Å². The Labute approximate surface area is 244 Å². The number of nitrogens with zero attached hydrogens (tertiary/aromatic N) is 6. The smallest absolute Gasteiger partial charge is 0.261 e.